The molecule has 0 aliphatic carbocycles. The van der Waals surface area contributed by atoms with E-state index in [-0.39, 0.29) is 29.9 Å². The number of amides is 1. The molecule has 32 heavy (non-hydrogen) atoms. The number of nitrogens with zero attached hydrogens (tertiary/aromatic N) is 2. The summed E-state index contributed by atoms with van der Waals surface area (Å²) in [7, 11) is 1.66. The van der Waals surface area contributed by atoms with Gasteiger partial charge in [-0.2, -0.15) is 0 Å². The Morgan fingerprint density at radius 2 is 1.84 bits per heavy atom. The molecule has 0 unspecified atom stereocenters. The third-order valence-corrected chi connectivity index (χ3v) is 5.45. The molecule has 0 radical (unpaired) electrons. The molecule has 162 valence electrons. The van der Waals surface area contributed by atoms with Crippen molar-refractivity contribution in [2.75, 3.05) is 6.79 Å². The van der Waals surface area contributed by atoms with Gasteiger partial charge in [0.2, 0.25) is 6.79 Å². The van der Waals surface area contributed by atoms with Crippen LogP contribution in [0.4, 0.5) is 0 Å². The van der Waals surface area contributed by atoms with Crippen LogP contribution in [0.2, 0.25) is 0 Å². The van der Waals surface area contributed by atoms with Gasteiger partial charge < -0.3 is 24.3 Å². The monoisotopic (exact) mass is 432 g/mol. The van der Waals surface area contributed by atoms with Gasteiger partial charge in [0, 0.05) is 19.8 Å². The molecule has 9 nitrogen and oxygen atoms in total. The van der Waals surface area contributed by atoms with Gasteiger partial charge in [0.1, 0.15) is 5.52 Å². The number of ether oxygens (including phenoxy) is 2. The standard InChI is InChI=1S/C23H20N4O5/c1-13-3-6-15(7-4-13)27-22(29)20-19(25-23(27)30)16(11-26(20)2)21(28)24-10-14-5-8-17-18(9-14)32-12-31-17/h3-9,11H,10,12H2,1-2H3,(H,24,28)(H,25,30). The molecule has 1 amide bonds. The number of fused-ring (bicyclic) bond motifs is 2. The molecule has 0 spiro atoms. The zero-order valence-corrected chi connectivity index (χ0v) is 17.5. The molecule has 0 saturated heterocycles. The number of hydrogen-bond donors (Lipinski definition) is 2. The maximum atomic E-state index is 13.1. The Hall–Kier alpha value is -4.27. The van der Waals surface area contributed by atoms with Gasteiger partial charge in [-0.25, -0.2) is 9.36 Å². The Bertz CT molecular complexity index is 1480. The number of nitrogens with one attached hydrogen (secondary N) is 2. The van der Waals surface area contributed by atoms with E-state index in [1.165, 1.54) is 6.20 Å². The predicted molar refractivity (Wildman–Crippen MR) is 118 cm³/mol. The normalized spacial score (nSPS) is 12.3. The molecule has 2 aromatic heterocycles. The van der Waals surface area contributed by atoms with Crippen molar-refractivity contribution < 1.29 is 14.3 Å². The summed E-state index contributed by atoms with van der Waals surface area (Å²) < 4.78 is 13.3. The highest BCUT2D eigenvalue weighted by Gasteiger charge is 2.20. The van der Waals surface area contributed by atoms with E-state index in [4.69, 9.17) is 9.47 Å². The summed E-state index contributed by atoms with van der Waals surface area (Å²) in [5, 5.41) is 2.82. The molecule has 0 saturated carbocycles. The average Bonchev–Trinajstić information content (AvgIpc) is 3.37. The van der Waals surface area contributed by atoms with Gasteiger partial charge >= 0.3 is 5.69 Å². The van der Waals surface area contributed by atoms with Crippen molar-refractivity contribution in [1.29, 1.82) is 0 Å². The fraction of sp³-hybridized carbons (Fsp3) is 0.174. The Morgan fingerprint density at radius 3 is 2.62 bits per heavy atom. The summed E-state index contributed by atoms with van der Waals surface area (Å²) in [6, 6.07) is 12.5. The van der Waals surface area contributed by atoms with E-state index >= 15 is 0 Å². The summed E-state index contributed by atoms with van der Waals surface area (Å²) in [5.74, 6) is 0.885. The third-order valence-electron chi connectivity index (χ3n) is 5.45. The minimum atomic E-state index is -0.609. The molecule has 0 bridgehead atoms. The van der Waals surface area contributed by atoms with E-state index in [0.29, 0.717) is 17.2 Å². The lowest BCUT2D eigenvalue weighted by Gasteiger charge is -2.07. The highest BCUT2D eigenvalue weighted by molar-refractivity contribution is 6.05. The first-order chi connectivity index (χ1) is 15.4. The molecule has 0 fully saturated rings. The maximum absolute atomic E-state index is 13.1. The summed E-state index contributed by atoms with van der Waals surface area (Å²) in [6.45, 7) is 2.34. The smallest absolute Gasteiger partial charge is 0.333 e. The molecule has 9 heteroatoms. The van der Waals surface area contributed by atoms with Crippen LogP contribution in [0, 0.1) is 6.92 Å². The molecular weight excluding hydrogens is 412 g/mol. The van der Waals surface area contributed by atoms with Gasteiger partial charge in [-0.05, 0) is 36.8 Å². The van der Waals surface area contributed by atoms with Crippen LogP contribution in [0.3, 0.4) is 0 Å². The Morgan fingerprint density at radius 1 is 1.09 bits per heavy atom. The van der Waals surface area contributed by atoms with Gasteiger partial charge in [0.05, 0.1) is 16.8 Å². The van der Waals surface area contributed by atoms with E-state index < -0.39 is 17.2 Å². The number of hydrogen-bond acceptors (Lipinski definition) is 5. The number of aromatic nitrogens is 3. The van der Waals surface area contributed by atoms with E-state index in [1.807, 2.05) is 25.1 Å². The second kappa shape index (κ2) is 7.45. The van der Waals surface area contributed by atoms with Crippen LogP contribution in [0.25, 0.3) is 16.7 Å². The maximum Gasteiger partial charge on any atom is 0.333 e. The van der Waals surface area contributed by atoms with E-state index in [0.717, 1.165) is 15.7 Å². The van der Waals surface area contributed by atoms with Crippen molar-refractivity contribution in [2.24, 2.45) is 7.05 Å². The van der Waals surface area contributed by atoms with E-state index in [2.05, 4.69) is 10.3 Å². The fourth-order valence-corrected chi connectivity index (χ4v) is 3.80. The van der Waals surface area contributed by atoms with Crippen LogP contribution in [-0.4, -0.2) is 26.8 Å². The highest BCUT2D eigenvalue weighted by Crippen LogP contribution is 2.32. The Labute approximate surface area is 181 Å². The first kappa shape index (κ1) is 19.7. The van der Waals surface area contributed by atoms with Crippen LogP contribution in [-0.2, 0) is 13.6 Å². The van der Waals surface area contributed by atoms with Crippen molar-refractivity contribution in [1.82, 2.24) is 19.4 Å². The summed E-state index contributed by atoms with van der Waals surface area (Å²) in [6.07, 6.45) is 1.54. The number of H-pyrrole nitrogens is 1. The summed E-state index contributed by atoms with van der Waals surface area (Å²) >= 11 is 0. The number of aryl methyl sites for hydroxylation is 2. The molecule has 3 heterocycles. The zero-order valence-electron chi connectivity index (χ0n) is 17.5. The quantitative estimate of drug-likeness (QED) is 0.513. The largest absolute Gasteiger partial charge is 0.454 e. The van der Waals surface area contributed by atoms with Gasteiger partial charge in [0.15, 0.2) is 11.5 Å². The predicted octanol–water partition coefficient (Wildman–Crippen LogP) is 1.98. The van der Waals surface area contributed by atoms with Crippen LogP contribution in [0.1, 0.15) is 21.5 Å². The summed E-state index contributed by atoms with van der Waals surface area (Å²) in [4.78, 5) is 41.5. The lowest BCUT2D eigenvalue weighted by Crippen LogP contribution is -2.34. The van der Waals surface area contributed by atoms with Gasteiger partial charge in [-0.3, -0.25) is 9.59 Å². The number of carbonyl (C=O) groups is 1. The lowest BCUT2D eigenvalue weighted by molar-refractivity contribution is 0.0952. The van der Waals surface area contributed by atoms with E-state index in [9.17, 15) is 14.4 Å². The molecule has 5 rings (SSSR count). The minimum absolute atomic E-state index is 0.175. The van der Waals surface area contributed by atoms with Gasteiger partial charge in [-0.15, -0.1) is 0 Å². The SMILES string of the molecule is Cc1ccc(-n2c(=O)[nH]c3c(C(=O)NCc4ccc5c(c4)OCO5)cn(C)c3c2=O)cc1. The first-order valence-electron chi connectivity index (χ1n) is 10.0. The molecule has 0 atom stereocenters. The average molecular weight is 432 g/mol. The molecule has 1 aliphatic rings. The van der Waals surface area contributed by atoms with Crippen LogP contribution >= 0.6 is 0 Å². The van der Waals surface area contributed by atoms with Gasteiger partial charge in [0.25, 0.3) is 11.5 Å². The van der Waals surface area contributed by atoms with E-state index in [1.54, 1.807) is 35.9 Å². The van der Waals surface area contributed by atoms with Crippen LogP contribution in [0.5, 0.6) is 11.5 Å². The minimum Gasteiger partial charge on any atom is -0.454 e. The number of benzene rings is 2. The first-order valence-corrected chi connectivity index (χ1v) is 10.0. The molecular formula is C23H20N4O5. The fourth-order valence-electron chi connectivity index (χ4n) is 3.80. The Balaban J connectivity index is 1.48. The Kier molecular flexibility index (Phi) is 4.58. The number of aromatic amines is 1. The van der Waals surface area contributed by atoms with Gasteiger partial charge in [-0.1, -0.05) is 23.8 Å². The number of rotatable bonds is 4. The van der Waals surface area contributed by atoms with Crippen molar-refractivity contribution >= 4 is 16.9 Å². The van der Waals surface area contributed by atoms with Crippen molar-refractivity contribution in [3.63, 3.8) is 0 Å². The second-order valence-corrected chi connectivity index (χ2v) is 7.65. The zero-order chi connectivity index (χ0) is 22.4. The molecule has 4 aromatic rings. The number of carbonyl (C=O) groups excluding carboxylic acids is 1. The molecule has 2 aromatic carbocycles. The molecule has 2 N–H and O–H groups in total. The van der Waals surface area contributed by atoms with Crippen molar-refractivity contribution in [3.05, 3.63) is 86.2 Å². The van der Waals surface area contributed by atoms with Crippen molar-refractivity contribution in [2.45, 2.75) is 13.5 Å². The lowest BCUT2D eigenvalue weighted by atomic mass is 10.2. The third kappa shape index (κ3) is 3.24. The highest BCUT2D eigenvalue weighted by atomic mass is 16.7. The second-order valence-electron chi connectivity index (χ2n) is 7.65. The molecule has 1 aliphatic heterocycles. The van der Waals surface area contributed by atoms with Crippen LogP contribution < -0.4 is 26.0 Å². The summed E-state index contributed by atoms with van der Waals surface area (Å²) in [5.41, 5.74) is 1.85. The van der Waals surface area contributed by atoms with Crippen molar-refractivity contribution in [3.8, 4) is 17.2 Å². The van der Waals surface area contributed by atoms with Crippen LogP contribution in [0.15, 0.2) is 58.3 Å². The topological polar surface area (TPSA) is 107 Å².